The number of aliphatic hydroxyl groups is 1. The molecule has 0 radical (unpaired) electrons. The van der Waals surface area contributed by atoms with Gasteiger partial charge in [0.05, 0.1) is 6.61 Å². The minimum atomic E-state index is -0.0483. The SMILES string of the molecule is CCCNC(CC)(CO)CCCN(C)CC1CCC1. The second-order valence-corrected chi connectivity index (χ2v) is 6.38. The van der Waals surface area contributed by atoms with Gasteiger partial charge in [0.1, 0.15) is 0 Å². The standard InChI is InChI=1S/C16H34N2O/c1-4-11-17-16(5-2,14-19)10-7-12-18(3)13-15-8-6-9-15/h15,17,19H,4-14H2,1-3H3. The lowest BCUT2D eigenvalue weighted by Gasteiger charge is -2.34. The Hall–Kier alpha value is -0.120. The van der Waals surface area contributed by atoms with Crippen LogP contribution in [0.2, 0.25) is 0 Å². The molecule has 0 heterocycles. The van der Waals surface area contributed by atoms with Crippen LogP contribution in [-0.4, -0.2) is 48.8 Å². The largest absolute Gasteiger partial charge is 0.394 e. The number of rotatable bonds is 11. The lowest BCUT2D eigenvalue weighted by molar-refractivity contribution is 0.136. The van der Waals surface area contributed by atoms with Gasteiger partial charge in [-0.1, -0.05) is 20.3 Å². The van der Waals surface area contributed by atoms with Gasteiger partial charge in [-0.2, -0.15) is 0 Å². The molecule has 1 aliphatic carbocycles. The summed E-state index contributed by atoms with van der Waals surface area (Å²) in [6, 6.07) is 0. The van der Waals surface area contributed by atoms with E-state index < -0.39 is 0 Å². The zero-order valence-corrected chi connectivity index (χ0v) is 13.2. The second-order valence-electron chi connectivity index (χ2n) is 6.38. The van der Waals surface area contributed by atoms with Crippen LogP contribution in [0.25, 0.3) is 0 Å². The van der Waals surface area contributed by atoms with E-state index in [1.807, 2.05) is 0 Å². The van der Waals surface area contributed by atoms with Crippen LogP contribution in [0, 0.1) is 5.92 Å². The molecule has 0 aliphatic heterocycles. The van der Waals surface area contributed by atoms with Gasteiger partial charge in [-0.3, -0.25) is 0 Å². The lowest BCUT2D eigenvalue weighted by Crippen LogP contribution is -2.48. The van der Waals surface area contributed by atoms with E-state index in [1.54, 1.807) is 0 Å². The van der Waals surface area contributed by atoms with Crippen molar-refractivity contribution in [2.75, 3.05) is 33.3 Å². The minimum Gasteiger partial charge on any atom is -0.394 e. The first-order valence-corrected chi connectivity index (χ1v) is 8.20. The third-order valence-corrected chi connectivity index (χ3v) is 4.72. The lowest BCUT2D eigenvalue weighted by atomic mass is 9.85. The Morgan fingerprint density at radius 2 is 2.05 bits per heavy atom. The van der Waals surface area contributed by atoms with Crippen molar-refractivity contribution in [3.8, 4) is 0 Å². The Labute approximate surface area is 119 Å². The first-order valence-electron chi connectivity index (χ1n) is 8.20. The van der Waals surface area contributed by atoms with Crippen LogP contribution in [0.15, 0.2) is 0 Å². The van der Waals surface area contributed by atoms with Crippen molar-refractivity contribution in [3.63, 3.8) is 0 Å². The molecule has 1 saturated carbocycles. The molecule has 0 aromatic heterocycles. The second kappa shape index (κ2) is 8.93. The van der Waals surface area contributed by atoms with Crippen LogP contribution < -0.4 is 5.32 Å². The molecule has 1 rings (SSSR count). The summed E-state index contributed by atoms with van der Waals surface area (Å²) in [4.78, 5) is 2.47. The molecule has 1 atom stereocenters. The third-order valence-electron chi connectivity index (χ3n) is 4.72. The summed E-state index contributed by atoms with van der Waals surface area (Å²) in [5.41, 5.74) is -0.0483. The maximum Gasteiger partial charge on any atom is 0.0613 e. The summed E-state index contributed by atoms with van der Waals surface area (Å²) in [7, 11) is 2.24. The molecule has 3 heteroatoms. The molecule has 2 N–H and O–H groups in total. The predicted molar refractivity (Wildman–Crippen MR) is 82.5 cm³/mol. The Morgan fingerprint density at radius 3 is 2.53 bits per heavy atom. The normalized spacial score (nSPS) is 19.4. The summed E-state index contributed by atoms with van der Waals surface area (Å²) in [5.74, 6) is 0.956. The molecule has 1 unspecified atom stereocenters. The van der Waals surface area contributed by atoms with E-state index in [4.69, 9.17) is 0 Å². The van der Waals surface area contributed by atoms with Gasteiger partial charge in [0, 0.05) is 12.1 Å². The maximum absolute atomic E-state index is 9.68. The number of hydrogen-bond donors (Lipinski definition) is 2. The molecule has 0 spiro atoms. The molecule has 19 heavy (non-hydrogen) atoms. The predicted octanol–water partition coefficient (Wildman–Crippen LogP) is 2.64. The van der Waals surface area contributed by atoms with Crippen LogP contribution in [0.4, 0.5) is 0 Å². The van der Waals surface area contributed by atoms with Gasteiger partial charge in [0.25, 0.3) is 0 Å². The topological polar surface area (TPSA) is 35.5 Å². The van der Waals surface area contributed by atoms with Gasteiger partial charge in [0.2, 0.25) is 0 Å². The van der Waals surface area contributed by atoms with E-state index >= 15 is 0 Å². The van der Waals surface area contributed by atoms with Crippen molar-refractivity contribution in [1.29, 1.82) is 0 Å². The number of nitrogens with zero attached hydrogens (tertiary/aromatic N) is 1. The first kappa shape index (κ1) is 16.9. The molecule has 0 aromatic rings. The van der Waals surface area contributed by atoms with E-state index in [-0.39, 0.29) is 12.1 Å². The number of nitrogens with one attached hydrogen (secondary N) is 1. The van der Waals surface area contributed by atoms with Crippen molar-refractivity contribution in [2.45, 2.75) is 64.3 Å². The van der Waals surface area contributed by atoms with Crippen molar-refractivity contribution in [2.24, 2.45) is 5.92 Å². The fraction of sp³-hybridized carbons (Fsp3) is 1.00. The van der Waals surface area contributed by atoms with Crippen molar-refractivity contribution >= 4 is 0 Å². The summed E-state index contributed by atoms with van der Waals surface area (Å²) < 4.78 is 0. The Morgan fingerprint density at radius 1 is 1.32 bits per heavy atom. The maximum atomic E-state index is 9.68. The molecule has 0 amide bonds. The highest BCUT2D eigenvalue weighted by atomic mass is 16.3. The fourth-order valence-corrected chi connectivity index (χ4v) is 2.92. The quantitative estimate of drug-likeness (QED) is 0.606. The van der Waals surface area contributed by atoms with Crippen LogP contribution in [-0.2, 0) is 0 Å². The van der Waals surface area contributed by atoms with Crippen molar-refractivity contribution in [1.82, 2.24) is 10.2 Å². The average molecular weight is 270 g/mol. The van der Waals surface area contributed by atoms with E-state index in [2.05, 4.69) is 31.1 Å². The van der Waals surface area contributed by atoms with Gasteiger partial charge < -0.3 is 15.3 Å². The molecule has 3 nitrogen and oxygen atoms in total. The molecular formula is C16H34N2O. The zero-order valence-electron chi connectivity index (χ0n) is 13.2. The molecular weight excluding hydrogens is 236 g/mol. The monoisotopic (exact) mass is 270 g/mol. The first-order chi connectivity index (χ1) is 9.15. The Kier molecular flexibility index (Phi) is 7.96. The molecule has 1 fully saturated rings. The average Bonchev–Trinajstić information content (AvgIpc) is 2.38. The number of hydrogen-bond acceptors (Lipinski definition) is 3. The van der Waals surface area contributed by atoms with E-state index in [0.29, 0.717) is 0 Å². The highest BCUT2D eigenvalue weighted by Gasteiger charge is 2.26. The van der Waals surface area contributed by atoms with Crippen LogP contribution in [0.5, 0.6) is 0 Å². The smallest absolute Gasteiger partial charge is 0.0613 e. The highest BCUT2D eigenvalue weighted by Crippen LogP contribution is 2.27. The van der Waals surface area contributed by atoms with Crippen LogP contribution >= 0.6 is 0 Å². The van der Waals surface area contributed by atoms with Gasteiger partial charge >= 0.3 is 0 Å². The number of aliphatic hydroxyl groups excluding tert-OH is 1. The van der Waals surface area contributed by atoms with Crippen LogP contribution in [0.3, 0.4) is 0 Å². The molecule has 0 saturated heterocycles. The van der Waals surface area contributed by atoms with Crippen LogP contribution in [0.1, 0.15) is 58.8 Å². The van der Waals surface area contributed by atoms with Crippen molar-refractivity contribution < 1.29 is 5.11 Å². The van der Waals surface area contributed by atoms with E-state index in [1.165, 1.54) is 32.2 Å². The van der Waals surface area contributed by atoms with Gasteiger partial charge in [-0.25, -0.2) is 0 Å². The molecule has 0 bridgehead atoms. The van der Waals surface area contributed by atoms with E-state index in [9.17, 15) is 5.11 Å². The van der Waals surface area contributed by atoms with Gasteiger partial charge in [-0.15, -0.1) is 0 Å². The molecule has 1 aliphatic rings. The Bertz CT molecular complexity index is 225. The summed E-state index contributed by atoms with van der Waals surface area (Å²) in [6.07, 6.45) is 8.68. The Balaban J connectivity index is 2.22. The summed E-state index contributed by atoms with van der Waals surface area (Å²) >= 11 is 0. The summed E-state index contributed by atoms with van der Waals surface area (Å²) in [5, 5.41) is 13.2. The minimum absolute atomic E-state index is 0.0483. The van der Waals surface area contributed by atoms with E-state index in [0.717, 1.165) is 38.3 Å². The van der Waals surface area contributed by atoms with Gasteiger partial charge in [-0.05, 0) is 64.6 Å². The molecule has 0 aromatic carbocycles. The van der Waals surface area contributed by atoms with Gasteiger partial charge in [0.15, 0.2) is 0 Å². The fourth-order valence-electron chi connectivity index (χ4n) is 2.92. The molecule has 114 valence electrons. The highest BCUT2D eigenvalue weighted by molar-refractivity contribution is 4.86. The van der Waals surface area contributed by atoms with Crippen molar-refractivity contribution in [3.05, 3.63) is 0 Å². The third kappa shape index (κ3) is 5.80. The summed E-state index contributed by atoms with van der Waals surface area (Å²) in [6.45, 7) is 8.04. The zero-order chi connectivity index (χ0) is 14.1.